The van der Waals surface area contributed by atoms with Gasteiger partial charge in [0, 0.05) is 26.2 Å². The van der Waals surface area contributed by atoms with Crippen molar-refractivity contribution in [1.29, 1.82) is 0 Å². The molecule has 1 N–H and O–H groups in total. The quantitative estimate of drug-likeness (QED) is 0.614. The Bertz CT molecular complexity index is 848. The van der Waals surface area contributed by atoms with Crippen LogP contribution in [0.2, 0.25) is 0 Å². The number of hydrazine groups is 2. The van der Waals surface area contributed by atoms with Crippen molar-refractivity contribution < 1.29 is 0 Å². The summed E-state index contributed by atoms with van der Waals surface area (Å²) in [4.78, 5) is 0. The summed E-state index contributed by atoms with van der Waals surface area (Å²) in [5.74, 6) is 0.586. The normalized spacial score (nSPS) is 16.1. The number of hydrogen-bond acceptors (Lipinski definition) is 3. The largest absolute Gasteiger partial charge is 0.226 e. The van der Waals surface area contributed by atoms with Gasteiger partial charge in [-0.05, 0) is 49.8 Å². The Morgan fingerprint density at radius 2 is 1.10 bits per heavy atom. The molecule has 0 bridgehead atoms. The van der Waals surface area contributed by atoms with Gasteiger partial charge in [-0.15, -0.1) is 0 Å². The minimum atomic E-state index is 0.586. The maximum Gasteiger partial charge on any atom is 0.0395 e. The minimum Gasteiger partial charge on any atom is -0.226 e. The summed E-state index contributed by atoms with van der Waals surface area (Å²) in [7, 11) is 0. The van der Waals surface area contributed by atoms with E-state index in [9.17, 15) is 0 Å². The van der Waals surface area contributed by atoms with Crippen LogP contribution in [-0.2, 0) is 19.5 Å². The lowest BCUT2D eigenvalue weighted by Gasteiger charge is -2.41. The second-order valence-corrected chi connectivity index (χ2v) is 8.90. The molecule has 0 spiro atoms. The van der Waals surface area contributed by atoms with E-state index in [0.29, 0.717) is 5.92 Å². The highest BCUT2D eigenvalue weighted by Crippen LogP contribution is 2.20. The number of nitrogens with one attached hydrogen (secondary N) is 1. The van der Waals surface area contributed by atoms with Crippen molar-refractivity contribution in [3.63, 3.8) is 0 Å². The average molecular weight is 400 g/mol. The molecular weight excluding hydrogens is 366 g/mol. The van der Waals surface area contributed by atoms with E-state index in [-0.39, 0.29) is 0 Å². The topological polar surface area (TPSA) is 18.5 Å². The molecule has 1 aliphatic rings. The fraction of sp³-hybridized carbons (Fsp3) is 0.333. The van der Waals surface area contributed by atoms with Crippen molar-refractivity contribution in [2.75, 3.05) is 13.1 Å². The Hall–Kier alpha value is -2.46. The first-order valence-corrected chi connectivity index (χ1v) is 11.0. The van der Waals surface area contributed by atoms with Gasteiger partial charge in [0.1, 0.15) is 0 Å². The molecular formula is C27H33N3. The van der Waals surface area contributed by atoms with E-state index in [1.807, 2.05) is 0 Å². The highest BCUT2D eigenvalue weighted by Gasteiger charge is 2.25. The summed E-state index contributed by atoms with van der Waals surface area (Å²) in [5, 5.41) is 4.77. The van der Waals surface area contributed by atoms with Crippen LogP contribution in [0.1, 0.15) is 33.4 Å². The summed E-state index contributed by atoms with van der Waals surface area (Å²) in [5.41, 5.74) is 11.8. The van der Waals surface area contributed by atoms with E-state index in [0.717, 1.165) is 32.6 Å². The van der Waals surface area contributed by atoms with E-state index in [1.54, 1.807) is 0 Å². The van der Waals surface area contributed by atoms with Gasteiger partial charge in [0.2, 0.25) is 0 Å². The van der Waals surface area contributed by atoms with Crippen LogP contribution < -0.4 is 5.53 Å². The lowest BCUT2D eigenvalue weighted by molar-refractivity contribution is -0.0540. The number of benzene rings is 3. The lowest BCUT2D eigenvalue weighted by atomic mass is 9.96. The van der Waals surface area contributed by atoms with Crippen molar-refractivity contribution >= 4 is 0 Å². The fourth-order valence-electron chi connectivity index (χ4n) is 4.53. The summed E-state index contributed by atoms with van der Waals surface area (Å²) in [6, 6.07) is 26.6. The standard InChI is InChI=1S/C27H33N3/c1-21-7-4-10-24(13-21)16-27-19-29(17-25-11-5-8-22(2)14-25)28-30(20-27)18-26-12-6-9-23(3)15-26/h4-15,27-28H,16-20H2,1-3H3. The van der Waals surface area contributed by atoms with Gasteiger partial charge in [-0.2, -0.15) is 5.53 Å². The van der Waals surface area contributed by atoms with Crippen LogP contribution in [0.4, 0.5) is 0 Å². The van der Waals surface area contributed by atoms with Crippen LogP contribution in [0, 0.1) is 26.7 Å². The van der Waals surface area contributed by atoms with Crippen LogP contribution in [0.3, 0.4) is 0 Å². The molecule has 3 nitrogen and oxygen atoms in total. The molecule has 0 aromatic heterocycles. The van der Waals surface area contributed by atoms with Gasteiger partial charge in [0.05, 0.1) is 0 Å². The number of aryl methyl sites for hydroxylation is 3. The van der Waals surface area contributed by atoms with Crippen LogP contribution in [-0.4, -0.2) is 23.1 Å². The zero-order valence-electron chi connectivity index (χ0n) is 18.4. The monoisotopic (exact) mass is 399 g/mol. The van der Waals surface area contributed by atoms with E-state index in [1.165, 1.54) is 33.4 Å². The molecule has 1 fully saturated rings. The Balaban J connectivity index is 1.50. The molecule has 4 rings (SSSR count). The fourth-order valence-corrected chi connectivity index (χ4v) is 4.53. The van der Waals surface area contributed by atoms with E-state index in [2.05, 4.69) is 109 Å². The summed E-state index contributed by atoms with van der Waals surface area (Å²) < 4.78 is 0. The van der Waals surface area contributed by atoms with Crippen molar-refractivity contribution in [3.05, 3.63) is 106 Å². The zero-order chi connectivity index (χ0) is 20.9. The van der Waals surface area contributed by atoms with Gasteiger partial charge in [0.25, 0.3) is 0 Å². The molecule has 0 unspecified atom stereocenters. The highest BCUT2D eigenvalue weighted by molar-refractivity contribution is 5.24. The van der Waals surface area contributed by atoms with Gasteiger partial charge < -0.3 is 0 Å². The Morgan fingerprint density at radius 3 is 1.57 bits per heavy atom. The summed E-state index contributed by atoms with van der Waals surface area (Å²) >= 11 is 0. The van der Waals surface area contributed by atoms with Crippen LogP contribution in [0.5, 0.6) is 0 Å². The third-order valence-electron chi connectivity index (χ3n) is 5.76. The maximum absolute atomic E-state index is 3.68. The molecule has 0 radical (unpaired) electrons. The number of rotatable bonds is 6. The SMILES string of the molecule is Cc1cccc(CC2CN(Cc3cccc(C)c3)NN(Cc3cccc(C)c3)C2)c1. The number of hydrogen-bond donors (Lipinski definition) is 1. The minimum absolute atomic E-state index is 0.586. The van der Waals surface area contributed by atoms with E-state index >= 15 is 0 Å². The molecule has 0 amide bonds. The van der Waals surface area contributed by atoms with Crippen LogP contribution in [0.25, 0.3) is 0 Å². The third kappa shape index (κ3) is 5.79. The van der Waals surface area contributed by atoms with Gasteiger partial charge in [-0.25, -0.2) is 10.0 Å². The van der Waals surface area contributed by atoms with Gasteiger partial charge in [-0.1, -0.05) is 89.5 Å². The lowest BCUT2D eigenvalue weighted by Crippen LogP contribution is -2.58. The summed E-state index contributed by atoms with van der Waals surface area (Å²) in [6.45, 7) is 10.4. The van der Waals surface area contributed by atoms with E-state index < -0.39 is 0 Å². The van der Waals surface area contributed by atoms with Gasteiger partial charge in [0.15, 0.2) is 0 Å². The highest BCUT2D eigenvalue weighted by atomic mass is 15.8. The van der Waals surface area contributed by atoms with Crippen molar-refractivity contribution in [2.24, 2.45) is 5.92 Å². The molecule has 156 valence electrons. The molecule has 1 aliphatic heterocycles. The molecule has 3 aromatic carbocycles. The van der Waals surface area contributed by atoms with Crippen LogP contribution >= 0.6 is 0 Å². The second-order valence-electron chi connectivity index (χ2n) is 8.90. The summed E-state index contributed by atoms with van der Waals surface area (Å²) in [6.07, 6.45) is 1.11. The van der Waals surface area contributed by atoms with Gasteiger partial charge in [-0.3, -0.25) is 0 Å². The van der Waals surface area contributed by atoms with Crippen molar-refractivity contribution in [3.8, 4) is 0 Å². The predicted molar refractivity (Wildman–Crippen MR) is 125 cm³/mol. The van der Waals surface area contributed by atoms with E-state index in [4.69, 9.17) is 0 Å². The smallest absolute Gasteiger partial charge is 0.0395 e. The molecule has 0 aliphatic carbocycles. The molecule has 1 saturated heterocycles. The average Bonchev–Trinajstić information content (AvgIpc) is 2.68. The van der Waals surface area contributed by atoms with Crippen molar-refractivity contribution in [2.45, 2.75) is 40.3 Å². The predicted octanol–water partition coefficient (Wildman–Crippen LogP) is 5.21. The number of nitrogens with zero attached hydrogens (tertiary/aromatic N) is 2. The molecule has 0 saturated carbocycles. The molecule has 3 aromatic rings. The molecule has 3 heteroatoms. The Morgan fingerprint density at radius 1 is 0.667 bits per heavy atom. The first-order chi connectivity index (χ1) is 14.5. The molecule has 0 atom stereocenters. The molecule has 30 heavy (non-hydrogen) atoms. The maximum atomic E-state index is 3.68. The van der Waals surface area contributed by atoms with Gasteiger partial charge >= 0.3 is 0 Å². The third-order valence-corrected chi connectivity index (χ3v) is 5.76. The first kappa shape index (κ1) is 20.8. The molecule has 1 heterocycles. The van der Waals surface area contributed by atoms with Crippen molar-refractivity contribution in [1.82, 2.24) is 15.6 Å². The Kier molecular flexibility index (Phi) is 6.63. The zero-order valence-corrected chi connectivity index (χ0v) is 18.4. The Labute approximate surface area is 181 Å². The second kappa shape index (κ2) is 9.57. The first-order valence-electron chi connectivity index (χ1n) is 11.0. The van der Waals surface area contributed by atoms with Crippen LogP contribution in [0.15, 0.2) is 72.8 Å².